The summed E-state index contributed by atoms with van der Waals surface area (Å²) in [5.41, 5.74) is 0. The minimum absolute atomic E-state index is 0.202. The van der Waals surface area contributed by atoms with E-state index in [1.54, 1.807) is 0 Å². The molecule has 2 rings (SSSR count). The van der Waals surface area contributed by atoms with E-state index in [9.17, 15) is 5.11 Å². The molecule has 1 aliphatic carbocycles. The highest BCUT2D eigenvalue weighted by molar-refractivity contribution is 4.75. The van der Waals surface area contributed by atoms with E-state index in [0.717, 1.165) is 45.2 Å². The first-order valence-electron chi connectivity index (χ1n) is 8.41. The van der Waals surface area contributed by atoms with Gasteiger partial charge in [0.1, 0.15) is 0 Å². The van der Waals surface area contributed by atoms with Gasteiger partial charge >= 0.3 is 0 Å². The number of piperazine rings is 1. The van der Waals surface area contributed by atoms with Crippen LogP contribution in [0.15, 0.2) is 0 Å². The standard InChI is InChI=1S/C16H33N3O/c1-17-8-10-19(11-9-17)14-16(20)13-18(2)12-15-6-4-3-5-7-15/h15-16,20H,3-14H2,1-2H3. The third-order valence-electron chi connectivity index (χ3n) is 4.88. The molecule has 1 heterocycles. The van der Waals surface area contributed by atoms with Crippen LogP contribution in [0.1, 0.15) is 32.1 Å². The van der Waals surface area contributed by atoms with Gasteiger partial charge in [-0.2, -0.15) is 0 Å². The molecular weight excluding hydrogens is 250 g/mol. The number of rotatable bonds is 6. The van der Waals surface area contributed by atoms with E-state index >= 15 is 0 Å². The third-order valence-corrected chi connectivity index (χ3v) is 4.88. The Morgan fingerprint density at radius 1 is 1.10 bits per heavy atom. The maximum atomic E-state index is 10.3. The highest BCUT2D eigenvalue weighted by Crippen LogP contribution is 2.24. The maximum absolute atomic E-state index is 10.3. The molecule has 0 radical (unpaired) electrons. The van der Waals surface area contributed by atoms with E-state index in [-0.39, 0.29) is 6.10 Å². The zero-order valence-electron chi connectivity index (χ0n) is 13.4. The Balaban J connectivity index is 1.61. The van der Waals surface area contributed by atoms with Crippen molar-refractivity contribution in [2.75, 3.05) is 59.9 Å². The average Bonchev–Trinajstić information content (AvgIpc) is 2.42. The van der Waals surface area contributed by atoms with Crippen LogP contribution in [0, 0.1) is 5.92 Å². The summed E-state index contributed by atoms with van der Waals surface area (Å²) in [5.74, 6) is 0.865. The Morgan fingerprint density at radius 3 is 2.40 bits per heavy atom. The van der Waals surface area contributed by atoms with Gasteiger partial charge in [-0.3, -0.25) is 4.90 Å². The van der Waals surface area contributed by atoms with E-state index in [2.05, 4.69) is 28.8 Å². The highest BCUT2D eigenvalue weighted by atomic mass is 16.3. The van der Waals surface area contributed by atoms with Gasteiger partial charge < -0.3 is 14.9 Å². The molecule has 0 spiro atoms. The van der Waals surface area contributed by atoms with Crippen LogP contribution in [0.3, 0.4) is 0 Å². The van der Waals surface area contributed by atoms with Crippen LogP contribution in [0.5, 0.6) is 0 Å². The fourth-order valence-electron chi connectivity index (χ4n) is 3.63. The summed E-state index contributed by atoms with van der Waals surface area (Å²) in [6.45, 7) is 7.28. The number of aliphatic hydroxyl groups is 1. The highest BCUT2D eigenvalue weighted by Gasteiger charge is 2.20. The van der Waals surface area contributed by atoms with Gasteiger partial charge in [0.2, 0.25) is 0 Å². The Kier molecular flexibility index (Phi) is 6.75. The second-order valence-corrected chi connectivity index (χ2v) is 6.98. The topological polar surface area (TPSA) is 30.0 Å². The van der Waals surface area contributed by atoms with Crippen molar-refractivity contribution in [3.63, 3.8) is 0 Å². The Bertz CT molecular complexity index is 260. The minimum atomic E-state index is -0.202. The Morgan fingerprint density at radius 2 is 1.75 bits per heavy atom. The van der Waals surface area contributed by atoms with Crippen LogP contribution in [0.25, 0.3) is 0 Å². The molecule has 1 atom stereocenters. The number of β-amino-alcohol motifs (C(OH)–C–C–N with tert-alkyl or cyclic N) is 1. The molecule has 0 bridgehead atoms. The monoisotopic (exact) mass is 283 g/mol. The summed E-state index contributed by atoms with van der Waals surface area (Å²) in [4.78, 5) is 7.11. The van der Waals surface area contributed by atoms with Crippen LogP contribution >= 0.6 is 0 Å². The third kappa shape index (κ3) is 5.68. The summed E-state index contributed by atoms with van der Waals surface area (Å²) < 4.78 is 0. The Labute approximate surface area is 124 Å². The average molecular weight is 283 g/mol. The van der Waals surface area contributed by atoms with Crippen molar-refractivity contribution in [3.8, 4) is 0 Å². The lowest BCUT2D eigenvalue weighted by atomic mass is 9.89. The summed E-state index contributed by atoms with van der Waals surface area (Å²) in [5, 5.41) is 10.3. The fourth-order valence-corrected chi connectivity index (χ4v) is 3.63. The molecule has 4 heteroatoms. The lowest BCUT2D eigenvalue weighted by molar-refractivity contribution is 0.0562. The number of likely N-dealkylation sites (N-methyl/N-ethyl adjacent to an activating group) is 2. The molecular formula is C16H33N3O. The zero-order valence-corrected chi connectivity index (χ0v) is 13.4. The van der Waals surface area contributed by atoms with Gasteiger partial charge in [0, 0.05) is 45.8 Å². The lowest BCUT2D eigenvalue weighted by Gasteiger charge is -2.34. The van der Waals surface area contributed by atoms with Crippen molar-refractivity contribution in [1.82, 2.24) is 14.7 Å². The van der Waals surface area contributed by atoms with E-state index in [0.29, 0.717) is 0 Å². The normalized spacial score (nSPS) is 25.2. The van der Waals surface area contributed by atoms with Gasteiger partial charge in [-0.15, -0.1) is 0 Å². The molecule has 1 saturated carbocycles. The number of nitrogens with zero attached hydrogens (tertiary/aromatic N) is 3. The SMILES string of the molecule is CN1CCN(CC(O)CN(C)CC2CCCCC2)CC1. The minimum Gasteiger partial charge on any atom is -0.390 e. The predicted molar refractivity (Wildman–Crippen MR) is 84.0 cm³/mol. The van der Waals surface area contributed by atoms with Crippen molar-refractivity contribution in [1.29, 1.82) is 0 Å². The smallest absolute Gasteiger partial charge is 0.0793 e. The molecule has 1 aliphatic heterocycles. The van der Waals surface area contributed by atoms with Gasteiger partial charge in [-0.25, -0.2) is 0 Å². The summed E-state index contributed by atoms with van der Waals surface area (Å²) in [7, 11) is 4.34. The molecule has 0 aromatic rings. The first kappa shape index (κ1) is 16.2. The van der Waals surface area contributed by atoms with Crippen LogP contribution in [-0.2, 0) is 0 Å². The van der Waals surface area contributed by atoms with Gasteiger partial charge in [0.05, 0.1) is 6.10 Å². The van der Waals surface area contributed by atoms with Crippen LogP contribution in [0.4, 0.5) is 0 Å². The van der Waals surface area contributed by atoms with E-state index in [4.69, 9.17) is 0 Å². The van der Waals surface area contributed by atoms with Crippen molar-refractivity contribution in [2.24, 2.45) is 5.92 Å². The molecule has 0 amide bonds. The van der Waals surface area contributed by atoms with Crippen molar-refractivity contribution >= 4 is 0 Å². The summed E-state index contributed by atoms with van der Waals surface area (Å²) in [6.07, 6.45) is 6.81. The molecule has 4 nitrogen and oxygen atoms in total. The molecule has 0 aromatic carbocycles. The molecule has 118 valence electrons. The molecule has 20 heavy (non-hydrogen) atoms. The quantitative estimate of drug-likeness (QED) is 0.791. The van der Waals surface area contributed by atoms with Gasteiger partial charge in [0.25, 0.3) is 0 Å². The molecule has 0 aromatic heterocycles. The first-order chi connectivity index (χ1) is 9.63. The predicted octanol–water partition coefficient (Wildman–Crippen LogP) is 1.11. The second kappa shape index (κ2) is 8.32. The molecule has 1 N–H and O–H groups in total. The lowest BCUT2D eigenvalue weighted by Crippen LogP contribution is -2.48. The zero-order chi connectivity index (χ0) is 14.4. The molecule has 1 saturated heterocycles. The van der Waals surface area contributed by atoms with Gasteiger partial charge in [-0.05, 0) is 32.9 Å². The van der Waals surface area contributed by atoms with Crippen LogP contribution in [0.2, 0.25) is 0 Å². The number of hydrogen-bond donors (Lipinski definition) is 1. The van der Waals surface area contributed by atoms with Crippen molar-refractivity contribution < 1.29 is 5.11 Å². The number of hydrogen-bond acceptors (Lipinski definition) is 4. The van der Waals surface area contributed by atoms with Gasteiger partial charge in [-0.1, -0.05) is 19.3 Å². The van der Waals surface area contributed by atoms with E-state index in [1.165, 1.54) is 38.6 Å². The van der Waals surface area contributed by atoms with E-state index in [1.807, 2.05) is 0 Å². The van der Waals surface area contributed by atoms with Crippen molar-refractivity contribution in [3.05, 3.63) is 0 Å². The van der Waals surface area contributed by atoms with E-state index < -0.39 is 0 Å². The Hall–Kier alpha value is -0.160. The maximum Gasteiger partial charge on any atom is 0.0793 e. The molecule has 1 unspecified atom stereocenters. The first-order valence-corrected chi connectivity index (χ1v) is 8.41. The van der Waals surface area contributed by atoms with Crippen molar-refractivity contribution in [2.45, 2.75) is 38.2 Å². The van der Waals surface area contributed by atoms with Crippen LogP contribution in [-0.4, -0.2) is 85.8 Å². The summed E-state index contributed by atoms with van der Waals surface area (Å²) in [6, 6.07) is 0. The number of aliphatic hydroxyl groups excluding tert-OH is 1. The fraction of sp³-hybridized carbons (Fsp3) is 1.00. The largest absolute Gasteiger partial charge is 0.390 e. The van der Waals surface area contributed by atoms with Crippen LogP contribution < -0.4 is 0 Å². The van der Waals surface area contributed by atoms with Gasteiger partial charge in [0.15, 0.2) is 0 Å². The molecule has 2 fully saturated rings. The second-order valence-electron chi connectivity index (χ2n) is 6.98. The molecule has 2 aliphatic rings. The summed E-state index contributed by atoms with van der Waals surface area (Å²) >= 11 is 0.